The minimum Gasteiger partial charge on any atom is -0.361 e. The summed E-state index contributed by atoms with van der Waals surface area (Å²) >= 11 is 0. The molecule has 10 heteroatoms. The van der Waals surface area contributed by atoms with Gasteiger partial charge in [-0.2, -0.15) is 5.01 Å². The number of piperazine rings is 1. The van der Waals surface area contributed by atoms with Gasteiger partial charge >= 0.3 is 6.03 Å². The zero-order chi connectivity index (χ0) is 23.4. The molecule has 2 fully saturated rings. The maximum absolute atomic E-state index is 12.9. The van der Waals surface area contributed by atoms with Crippen molar-refractivity contribution in [2.75, 3.05) is 32.7 Å². The van der Waals surface area contributed by atoms with Crippen molar-refractivity contribution in [3.8, 4) is 0 Å². The molecule has 2 aromatic rings. The van der Waals surface area contributed by atoms with Gasteiger partial charge in [-0.05, 0) is 32.3 Å². The van der Waals surface area contributed by atoms with E-state index in [1.807, 2.05) is 48.2 Å². The van der Waals surface area contributed by atoms with Crippen LogP contribution in [0.4, 0.5) is 4.79 Å². The number of amides is 4. The van der Waals surface area contributed by atoms with Crippen molar-refractivity contribution in [3.05, 3.63) is 53.4 Å². The van der Waals surface area contributed by atoms with Crippen molar-refractivity contribution in [2.45, 2.75) is 38.8 Å². The average Bonchev–Trinajstić information content (AvgIpc) is 3.30. The lowest BCUT2D eigenvalue weighted by Crippen LogP contribution is -2.53. The quantitative estimate of drug-likeness (QED) is 0.574. The van der Waals surface area contributed by atoms with Crippen LogP contribution in [0.3, 0.4) is 0 Å². The normalized spacial score (nSPS) is 21.9. The highest BCUT2D eigenvalue weighted by molar-refractivity contribution is 6.07. The minimum absolute atomic E-state index is 0.120. The summed E-state index contributed by atoms with van der Waals surface area (Å²) in [7, 11) is 0. The maximum Gasteiger partial charge on any atom is 0.344 e. The first-order valence-corrected chi connectivity index (χ1v) is 11.2. The topological polar surface area (TPSA) is 111 Å². The van der Waals surface area contributed by atoms with E-state index in [4.69, 9.17) is 4.52 Å². The SMILES string of the molecule is Cc1cc(CN2CCN(CC(=O)NN3C(=O)N[C@@](C)(CCc4ccccc4)C3=O)CC2)no1. The van der Waals surface area contributed by atoms with Crippen LogP contribution in [0.2, 0.25) is 0 Å². The van der Waals surface area contributed by atoms with Gasteiger partial charge in [0.05, 0.1) is 12.2 Å². The van der Waals surface area contributed by atoms with E-state index in [2.05, 4.69) is 20.8 Å². The second-order valence-corrected chi connectivity index (χ2v) is 8.90. The molecule has 33 heavy (non-hydrogen) atoms. The fourth-order valence-electron chi connectivity index (χ4n) is 4.18. The summed E-state index contributed by atoms with van der Waals surface area (Å²) in [6.45, 7) is 7.39. The molecule has 0 spiro atoms. The molecule has 4 rings (SSSR count). The molecule has 4 amide bonds. The second-order valence-electron chi connectivity index (χ2n) is 8.90. The van der Waals surface area contributed by atoms with E-state index in [0.29, 0.717) is 32.5 Å². The molecule has 0 bridgehead atoms. The Morgan fingerprint density at radius 1 is 1.15 bits per heavy atom. The molecule has 2 N–H and O–H groups in total. The smallest absolute Gasteiger partial charge is 0.344 e. The standard InChI is InChI=1S/C23H30N6O4/c1-17-14-19(26-33-17)15-27-10-12-28(13-11-27)16-20(30)25-29-21(31)23(2,24-22(29)32)9-8-18-6-4-3-5-7-18/h3-7,14H,8-13,15-16H2,1-2H3,(H,24,32)(H,25,30)/t23-/m0/s1. The van der Waals surface area contributed by atoms with Crippen LogP contribution < -0.4 is 10.7 Å². The van der Waals surface area contributed by atoms with Crippen molar-refractivity contribution in [1.29, 1.82) is 0 Å². The second kappa shape index (κ2) is 9.72. The molecule has 1 aromatic carbocycles. The van der Waals surface area contributed by atoms with Crippen LogP contribution in [0.15, 0.2) is 40.9 Å². The Balaban J connectivity index is 1.23. The third kappa shape index (κ3) is 5.58. The van der Waals surface area contributed by atoms with Crippen molar-refractivity contribution in [2.24, 2.45) is 0 Å². The van der Waals surface area contributed by atoms with Gasteiger partial charge in [0.25, 0.3) is 11.8 Å². The predicted octanol–water partition coefficient (Wildman–Crippen LogP) is 1.08. The van der Waals surface area contributed by atoms with Gasteiger partial charge in [0.1, 0.15) is 11.3 Å². The zero-order valence-corrected chi connectivity index (χ0v) is 19.0. The van der Waals surface area contributed by atoms with Gasteiger partial charge in [-0.15, -0.1) is 0 Å². The molecule has 10 nitrogen and oxygen atoms in total. The Bertz CT molecular complexity index is 1000. The third-order valence-corrected chi connectivity index (χ3v) is 6.15. The Hall–Kier alpha value is -3.24. The monoisotopic (exact) mass is 454 g/mol. The van der Waals surface area contributed by atoms with Crippen LogP contribution in [0.5, 0.6) is 0 Å². The molecular weight excluding hydrogens is 424 g/mol. The molecule has 2 saturated heterocycles. The molecule has 3 heterocycles. The molecule has 176 valence electrons. The molecule has 1 aromatic heterocycles. The van der Waals surface area contributed by atoms with Crippen LogP contribution in [0, 0.1) is 6.92 Å². The lowest BCUT2D eigenvalue weighted by molar-refractivity contribution is -0.139. The molecule has 0 unspecified atom stereocenters. The minimum atomic E-state index is -1.05. The number of nitrogens with zero attached hydrogens (tertiary/aromatic N) is 4. The van der Waals surface area contributed by atoms with Crippen LogP contribution in [-0.2, 0) is 22.6 Å². The van der Waals surface area contributed by atoms with Crippen LogP contribution in [-0.4, -0.2) is 76.1 Å². The molecule has 0 saturated carbocycles. The number of nitrogens with one attached hydrogen (secondary N) is 2. The summed E-state index contributed by atoms with van der Waals surface area (Å²) in [5.74, 6) is -0.0344. The number of carbonyl (C=O) groups is 3. The fourth-order valence-corrected chi connectivity index (χ4v) is 4.18. The number of rotatable bonds is 8. The number of urea groups is 1. The number of hydrazine groups is 1. The summed E-state index contributed by atoms with van der Waals surface area (Å²) in [5.41, 5.74) is 3.42. The Kier molecular flexibility index (Phi) is 6.75. The summed E-state index contributed by atoms with van der Waals surface area (Å²) in [5, 5.41) is 7.57. The Morgan fingerprint density at radius 2 is 1.85 bits per heavy atom. The molecule has 0 radical (unpaired) electrons. The number of aryl methyl sites for hydroxylation is 2. The summed E-state index contributed by atoms with van der Waals surface area (Å²) in [6, 6.07) is 11.1. The van der Waals surface area contributed by atoms with E-state index in [1.54, 1.807) is 6.92 Å². The zero-order valence-electron chi connectivity index (χ0n) is 19.0. The molecule has 2 aliphatic heterocycles. The number of aromatic nitrogens is 1. The van der Waals surface area contributed by atoms with E-state index < -0.39 is 17.5 Å². The van der Waals surface area contributed by atoms with Gasteiger partial charge in [-0.25, -0.2) is 4.79 Å². The van der Waals surface area contributed by atoms with Gasteiger partial charge < -0.3 is 9.84 Å². The largest absolute Gasteiger partial charge is 0.361 e. The first-order chi connectivity index (χ1) is 15.8. The van der Waals surface area contributed by atoms with Crippen molar-refractivity contribution >= 4 is 17.8 Å². The molecule has 2 aliphatic rings. The number of benzene rings is 1. The van der Waals surface area contributed by atoms with Gasteiger partial charge in [-0.1, -0.05) is 35.5 Å². The van der Waals surface area contributed by atoms with Crippen molar-refractivity contribution < 1.29 is 18.9 Å². The number of hydrogen-bond acceptors (Lipinski definition) is 7. The van der Waals surface area contributed by atoms with Crippen molar-refractivity contribution in [1.82, 2.24) is 30.7 Å². The summed E-state index contributed by atoms with van der Waals surface area (Å²) in [6.07, 6.45) is 1.09. The van der Waals surface area contributed by atoms with Gasteiger partial charge in [0.2, 0.25) is 0 Å². The first kappa shape index (κ1) is 22.9. The third-order valence-electron chi connectivity index (χ3n) is 6.15. The van der Waals surface area contributed by atoms with Gasteiger partial charge in [0, 0.05) is 38.8 Å². The van der Waals surface area contributed by atoms with E-state index in [1.165, 1.54) is 0 Å². The van der Waals surface area contributed by atoms with Gasteiger partial charge in [0.15, 0.2) is 0 Å². The van der Waals surface area contributed by atoms with Crippen LogP contribution in [0.25, 0.3) is 0 Å². The Labute approximate surface area is 192 Å². The average molecular weight is 455 g/mol. The summed E-state index contributed by atoms with van der Waals surface area (Å²) in [4.78, 5) is 42.1. The van der Waals surface area contributed by atoms with E-state index in [-0.39, 0.29) is 12.5 Å². The Morgan fingerprint density at radius 3 is 2.52 bits per heavy atom. The maximum atomic E-state index is 12.9. The molecular formula is C23H30N6O4. The van der Waals surface area contributed by atoms with Crippen molar-refractivity contribution in [3.63, 3.8) is 0 Å². The van der Waals surface area contributed by atoms with E-state index in [0.717, 1.165) is 35.1 Å². The summed E-state index contributed by atoms with van der Waals surface area (Å²) < 4.78 is 5.11. The van der Waals surface area contributed by atoms with E-state index >= 15 is 0 Å². The first-order valence-electron chi connectivity index (χ1n) is 11.2. The highest BCUT2D eigenvalue weighted by Gasteiger charge is 2.48. The highest BCUT2D eigenvalue weighted by atomic mass is 16.5. The molecule has 1 atom stereocenters. The van der Waals surface area contributed by atoms with Gasteiger partial charge in [-0.3, -0.25) is 24.8 Å². The molecule has 0 aliphatic carbocycles. The number of imide groups is 1. The number of carbonyl (C=O) groups excluding carboxylic acids is 3. The van der Waals surface area contributed by atoms with Crippen LogP contribution >= 0.6 is 0 Å². The predicted molar refractivity (Wildman–Crippen MR) is 120 cm³/mol. The highest BCUT2D eigenvalue weighted by Crippen LogP contribution is 2.22. The lowest BCUT2D eigenvalue weighted by atomic mass is 9.93. The number of hydrogen-bond donors (Lipinski definition) is 2. The lowest BCUT2D eigenvalue weighted by Gasteiger charge is -2.33. The van der Waals surface area contributed by atoms with E-state index in [9.17, 15) is 14.4 Å². The van der Waals surface area contributed by atoms with Crippen LogP contribution in [0.1, 0.15) is 30.4 Å². The fraction of sp³-hybridized carbons (Fsp3) is 0.478.